The van der Waals surface area contributed by atoms with Crippen molar-refractivity contribution in [1.29, 1.82) is 0 Å². The van der Waals surface area contributed by atoms with E-state index in [9.17, 15) is 4.79 Å². The molecule has 8 heteroatoms. The lowest BCUT2D eigenvalue weighted by molar-refractivity contribution is -0.115. The molecule has 0 spiro atoms. The molecule has 1 aromatic carbocycles. The van der Waals surface area contributed by atoms with Gasteiger partial charge in [0.05, 0.1) is 17.1 Å². The van der Waals surface area contributed by atoms with E-state index in [1.54, 1.807) is 19.3 Å². The molecule has 3 N–H and O–H groups in total. The number of benzene rings is 1. The molecule has 25 heavy (non-hydrogen) atoms. The molecule has 3 aromatic rings. The van der Waals surface area contributed by atoms with Crippen molar-refractivity contribution >= 4 is 23.4 Å². The van der Waals surface area contributed by atoms with Crippen LogP contribution in [0.3, 0.4) is 0 Å². The van der Waals surface area contributed by atoms with Crippen molar-refractivity contribution < 1.29 is 9.21 Å². The van der Waals surface area contributed by atoms with Gasteiger partial charge in [-0.1, -0.05) is 23.9 Å². The van der Waals surface area contributed by atoms with Gasteiger partial charge in [-0.2, -0.15) is 0 Å². The number of aromatic nitrogens is 3. The number of rotatable bonds is 5. The number of nitrogens with two attached hydrogens (primary N) is 1. The van der Waals surface area contributed by atoms with E-state index in [-0.39, 0.29) is 11.2 Å². The second kappa shape index (κ2) is 7.02. The second-order valence-corrected chi connectivity index (χ2v) is 6.99. The standard InChI is InChI=1S/C17H19N5O2S/c1-10-5-4-6-13(9-10)19-16(23)12(3)25-17-21-20-15(22(17)18)14-7-8-24-11(14)2/h4-9,12H,18H2,1-3H3,(H,19,23)/t12-/m1/s1. The van der Waals surface area contributed by atoms with Gasteiger partial charge in [0.2, 0.25) is 11.1 Å². The largest absolute Gasteiger partial charge is 0.469 e. The van der Waals surface area contributed by atoms with E-state index in [2.05, 4.69) is 15.5 Å². The first-order valence-corrected chi connectivity index (χ1v) is 8.63. The number of nitrogens with one attached hydrogen (secondary N) is 1. The fourth-order valence-corrected chi connectivity index (χ4v) is 3.11. The van der Waals surface area contributed by atoms with Crippen LogP contribution in [0.2, 0.25) is 0 Å². The maximum absolute atomic E-state index is 12.4. The quantitative estimate of drug-likeness (QED) is 0.538. The van der Waals surface area contributed by atoms with E-state index in [0.29, 0.717) is 16.7 Å². The normalized spacial score (nSPS) is 12.1. The van der Waals surface area contributed by atoms with Gasteiger partial charge in [0.25, 0.3) is 0 Å². The zero-order chi connectivity index (χ0) is 18.0. The van der Waals surface area contributed by atoms with Crippen molar-refractivity contribution in [3.63, 3.8) is 0 Å². The summed E-state index contributed by atoms with van der Waals surface area (Å²) in [5.74, 6) is 7.17. The Morgan fingerprint density at radius 1 is 1.32 bits per heavy atom. The van der Waals surface area contributed by atoms with Gasteiger partial charge in [-0.05, 0) is 44.5 Å². The Kier molecular flexibility index (Phi) is 4.80. The summed E-state index contributed by atoms with van der Waals surface area (Å²) >= 11 is 1.25. The highest BCUT2D eigenvalue weighted by atomic mass is 32.2. The highest BCUT2D eigenvalue weighted by molar-refractivity contribution is 8.00. The minimum atomic E-state index is -0.384. The Bertz CT molecular complexity index is 902. The Morgan fingerprint density at radius 2 is 2.12 bits per heavy atom. The molecule has 0 saturated heterocycles. The summed E-state index contributed by atoms with van der Waals surface area (Å²) < 4.78 is 6.64. The minimum absolute atomic E-state index is 0.125. The van der Waals surface area contributed by atoms with Crippen molar-refractivity contribution in [1.82, 2.24) is 14.9 Å². The van der Waals surface area contributed by atoms with Crippen LogP contribution in [0.4, 0.5) is 5.69 Å². The zero-order valence-electron chi connectivity index (χ0n) is 14.2. The van der Waals surface area contributed by atoms with Gasteiger partial charge < -0.3 is 15.6 Å². The lowest BCUT2D eigenvalue weighted by Gasteiger charge is -2.12. The number of hydrogen-bond donors (Lipinski definition) is 2. The highest BCUT2D eigenvalue weighted by Gasteiger charge is 2.21. The molecule has 1 atom stereocenters. The van der Waals surface area contributed by atoms with Crippen molar-refractivity contribution in [3.8, 4) is 11.4 Å². The minimum Gasteiger partial charge on any atom is -0.469 e. The SMILES string of the molecule is Cc1cccc(NC(=O)[C@@H](C)Sc2nnc(-c3ccoc3C)n2N)c1. The maximum Gasteiger partial charge on any atom is 0.237 e. The van der Waals surface area contributed by atoms with Crippen LogP contribution in [0.25, 0.3) is 11.4 Å². The van der Waals surface area contributed by atoms with E-state index in [1.807, 2.05) is 38.1 Å². The van der Waals surface area contributed by atoms with Crippen LogP contribution < -0.4 is 11.2 Å². The summed E-state index contributed by atoms with van der Waals surface area (Å²) in [7, 11) is 0. The van der Waals surface area contributed by atoms with Gasteiger partial charge in [-0.15, -0.1) is 10.2 Å². The van der Waals surface area contributed by atoms with Crippen LogP contribution in [0.15, 0.2) is 46.2 Å². The molecule has 0 aliphatic heterocycles. The Labute approximate surface area is 149 Å². The van der Waals surface area contributed by atoms with Gasteiger partial charge in [-0.25, -0.2) is 4.68 Å². The number of anilines is 1. The lowest BCUT2D eigenvalue weighted by atomic mass is 10.2. The fourth-order valence-electron chi connectivity index (χ4n) is 2.34. The smallest absolute Gasteiger partial charge is 0.237 e. The van der Waals surface area contributed by atoms with E-state index in [1.165, 1.54) is 16.4 Å². The van der Waals surface area contributed by atoms with Crippen molar-refractivity contribution in [2.75, 3.05) is 11.2 Å². The molecule has 2 aromatic heterocycles. The molecule has 0 aliphatic rings. The van der Waals surface area contributed by atoms with Gasteiger partial charge in [0.1, 0.15) is 5.76 Å². The van der Waals surface area contributed by atoms with Gasteiger partial charge in [-0.3, -0.25) is 4.79 Å². The average molecular weight is 357 g/mol. The van der Waals surface area contributed by atoms with Crippen LogP contribution in [-0.2, 0) is 4.79 Å². The van der Waals surface area contributed by atoms with E-state index in [4.69, 9.17) is 10.3 Å². The molecule has 130 valence electrons. The molecule has 0 unspecified atom stereocenters. The van der Waals surface area contributed by atoms with E-state index >= 15 is 0 Å². The third-order valence-electron chi connectivity index (χ3n) is 3.70. The molecule has 0 fully saturated rings. The van der Waals surface area contributed by atoms with Crippen LogP contribution in [0.1, 0.15) is 18.2 Å². The van der Waals surface area contributed by atoms with Crippen molar-refractivity contribution in [3.05, 3.63) is 47.9 Å². The van der Waals surface area contributed by atoms with Crippen LogP contribution in [0, 0.1) is 13.8 Å². The van der Waals surface area contributed by atoms with Gasteiger partial charge in [0.15, 0.2) is 5.82 Å². The number of hydrogen-bond acceptors (Lipinski definition) is 6. The monoisotopic (exact) mass is 357 g/mol. The number of nitrogen functional groups attached to an aromatic ring is 1. The summed E-state index contributed by atoms with van der Waals surface area (Å²) in [6, 6.07) is 9.43. The number of carbonyl (C=O) groups excluding carboxylic acids is 1. The number of furan rings is 1. The first-order chi connectivity index (χ1) is 12.0. The molecule has 3 rings (SSSR count). The summed E-state index contributed by atoms with van der Waals surface area (Å²) in [4.78, 5) is 12.4. The third kappa shape index (κ3) is 3.69. The van der Waals surface area contributed by atoms with Crippen molar-refractivity contribution in [2.24, 2.45) is 0 Å². The maximum atomic E-state index is 12.4. The zero-order valence-corrected chi connectivity index (χ0v) is 15.0. The first-order valence-electron chi connectivity index (χ1n) is 7.75. The first kappa shape index (κ1) is 17.1. The van der Waals surface area contributed by atoms with Crippen molar-refractivity contribution in [2.45, 2.75) is 31.2 Å². The Balaban J connectivity index is 1.71. The molecular weight excluding hydrogens is 338 g/mol. The van der Waals surface area contributed by atoms with Crippen LogP contribution >= 0.6 is 11.8 Å². The van der Waals surface area contributed by atoms with Crippen LogP contribution in [-0.4, -0.2) is 26.0 Å². The van der Waals surface area contributed by atoms with E-state index in [0.717, 1.165) is 16.8 Å². The fraction of sp³-hybridized carbons (Fsp3) is 0.235. The molecule has 0 aliphatic carbocycles. The third-order valence-corrected chi connectivity index (χ3v) is 4.76. The van der Waals surface area contributed by atoms with Crippen LogP contribution in [0.5, 0.6) is 0 Å². The summed E-state index contributed by atoms with van der Waals surface area (Å²) in [6.45, 7) is 5.60. The molecule has 0 bridgehead atoms. The molecule has 7 nitrogen and oxygen atoms in total. The molecule has 2 heterocycles. The van der Waals surface area contributed by atoms with E-state index < -0.39 is 0 Å². The molecule has 0 saturated carbocycles. The molecule has 0 radical (unpaired) electrons. The summed E-state index contributed by atoms with van der Waals surface area (Å²) in [6.07, 6.45) is 1.57. The number of thioether (sulfide) groups is 1. The number of amides is 1. The predicted molar refractivity (Wildman–Crippen MR) is 97.7 cm³/mol. The Hall–Kier alpha value is -2.74. The van der Waals surface area contributed by atoms with Gasteiger partial charge >= 0.3 is 0 Å². The predicted octanol–water partition coefficient (Wildman–Crippen LogP) is 2.99. The molecule has 1 amide bonds. The number of carbonyl (C=O) groups is 1. The summed E-state index contributed by atoms with van der Waals surface area (Å²) in [5.41, 5.74) is 2.63. The topological polar surface area (TPSA) is 99.0 Å². The summed E-state index contributed by atoms with van der Waals surface area (Å²) in [5, 5.41) is 11.2. The lowest BCUT2D eigenvalue weighted by Crippen LogP contribution is -2.23. The number of nitrogens with zero attached hydrogens (tertiary/aromatic N) is 3. The number of aryl methyl sites for hydroxylation is 2. The molecular formula is C17H19N5O2S. The average Bonchev–Trinajstić information content (AvgIpc) is 3.13. The second-order valence-electron chi connectivity index (χ2n) is 5.69. The van der Waals surface area contributed by atoms with Gasteiger partial charge in [0, 0.05) is 5.69 Å². The Morgan fingerprint density at radius 3 is 2.80 bits per heavy atom. The highest BCUT2D eigenvalue weighted by Crippen LogP contribution is 2.27.